The van der Waals surface area contributed by atoms with Crippen LogP contribution in [-0.2, 0) is 4.74 Å². The Balaban J connectivity index is 2.63. The predicted octanol–water partition coefficient (Wildman–Crippen LogP) is 3.42. The summed E-state index contributed by atoms with van der Waals surface area (Å²) in [6.45, 7) is 4.92. The largest absolute Gasteiger partial charge is 0.490 e. The van der Waals surface area contributed by atoms with E-state index in [1.165, 1.54) is 7.11 Å². The van der Waals surface area contributed by atoms with Crippen LogP contribution in [0.5, 0.6) is 11.5 Å². The zero-order valence-electron chi connectivity index (χ0n) is 11.9. The number of benzene rings is 2. The van der Waals surface area contributed by atoms with Crippen LogP contribution >= 0.6 is 0 Å². The second-order valence-electron chi connectivity index (χ2n) is 4.18. The summed E-state index contributed by atoms with van der Waals surface area (Å²) in [5.74, 6) is 0.962. The van der Waals surface area contributed by atoms with Crippen molar-refractivity contribution in [2.45, 2.75) is 13.8 Å². The molecular formula is C16H18O4. The number of fused-ring (bicyclic) bond motifs is 1. The number of rotatable bonds is 5. The lowest BCUT2D eigenvalue weighted by Gasteiger charge is -2.13. The summed E-state index contributed by atoms with van der Waals surface area (Å²) in [5.41, 5.74) is 0.522. The minimum atomic E-state index is -0.359. The summed E-state index contributed by atoms with van der Waals surface area (Å²) in [4.78, 5) is 11.8. The van der Waals surface area contributed by atoms with Gasteiger partial charge in [0.15, 0.2) is 11.5 Å². The Morgan fingerprint density at radius 2 is 1.70 bits per heavy atom. The smallest absolute Gasteiger partial charge is 0.338 e. The van der Waals surface area contributed by atoms with Gasteiger partial charge >= 0.3 is 5.97 Å². The van der Waals surface area contributed by atoms with Crippen LogP contribution in [-0.4, -0.2) is 26.3 Å². The molecule has 0 saturated carbocycles. The maximum atomic E-state index is 11.8. The highest BCUT2D eigenvalue weighted by Crippen LogP contribution is 2.34. The van der Waals surface area contributed by atoms with Crippen molar-refractivity contribution in [3.8, 4) is 11.5 Å². The minimum Gasteiger partial charge on any atom is -0.490 e. The van der Waals surface area contributed by atoms with Crippen LogP contribution in [0.25, 0.3) is 10.8 Å². The molecular weight excluding hydrogens is 256 g/mol. The molecule has 0 aliphatic heterocycles. The third kappa shape index (κ3) is 2.69. The normalized spacial score (nSPS) is 10.3. The Hall–Kier alpha value is -2.23. The molecule has 0 aromatic heterocycles. The molecule has 0 saturated heterocycles. The van der Waals surface area contributed by atoms with Gasteiger partial charge in [-0.1, -0.05) is 12.1 Å². The topological polar surface area (TPSA) is 44.8 Å². The summed E-state index contributed by atoms with van der Waals surface area (Å²) in [7, 11) is 1.37. The Labute approximate surface area is 118 Å². The van der Waals surface area contributed by atoms with E-state index in [-0.39, 0.29) is 5.97 Å². The molecule has 0 radical (unpaired) electrons. The van der Waals surface area contributed by atoms with Gasteiger partial charge < -0.3 is 14.2 Å². The summed E-state index contributed by atoms with van der Waals surface area (Å²) < 4.78 is 16.0. The number of carbonyl (C=O) groups is 1. The second kappa shape index (κ2) is 6.28. The minimum absolute atomic E-state index is 0.359. The molecule has 0 heterocycles. The average molecular weight is 274 g/mol. The van der Waals surface area contributed by atoms with Gasteiger partial charge in [-0.2, -0.15) is 0 Å². The molecule has 0 N–H and O–H groups in total. The fourth-order valence-corrected chi connectivity index (χ4v) is 2.11. The van der Waals surface area contributed by atoms with Gasteiger partial charge in [-0.25, -0.2) is 4.79 Å². The first-order chi connectivity index (χ1) is 9.71. The lowest BCUT2D eigenvalue weighted by Crippen LogP contribution is -2.03. The van der Waals surface area contributed by atoms with E-state index in [2.05, 4.69) is 0 Å². The van der Waals surface area contributed by atoms with Gasteiger partial charge in [-0.3, -0.25) is 0 Å². The van der Waals surface area contributed by atoms with Crippen LogP contribution in [0.2, 0.25) is 0 Å². The molecule has 0 aliphatic carbocycles. The molecule has 0 aliphatic rings. The highest BCUT2D eigenvalue weighted by molar-refractivity contribution is 6.05. The van der Waals surface area contributed by atoms with Crippen LogP contribution < -0.4 is 9.47 Å². The van der Waals surface area contributed by atoms with Crippen molar-refractivity contribution in [3.05, 3.63) is 35.9 Å². The van der Waals surface area contributed by atoms with E-state index in [0.717, 1.165) is 10.8 Å². The van der Waals surface area contributed by atoms with E-state index >= 15 is 0 Å². The van der Waals surface area contributed by atoms with Gasteiger partial charge in [-0.15, -0.1) is 0 Å². The summed E-state index contributed by atoms with van der Waals surface area (Å²) in [6, 6.07) is 9.21. The predicted molar refractivity (Wildman–Crippen MR) is 77.6 cm³/mol. The number of esters is 1. The van der Waals surface area contributed by atoms with Crippen LogP contribution in [0.15, 0.2) is 30.3 Å². The third-order valence-electron chi connectivity index (χ3n) is 2.95. The lowest BCUT2D eigenvalue weighted by atomic mass is 10.0. The highest BCUT2D eigenvalue weighted by atomic mass is 16.5. The van der Waals surface area contributed by atoms with Crippen molar-refractivity contribution in [2.75, 3.05) is 20.3 Å². The Kier molecular flexibility index (Phi) is 4.45. The van der Waals surface area contributed by atoms with Gasteiger partial charge in [0.2, 0.25) is 0 Å². The molecule has 0 atom stereocenters. The number of ether oxygens (including phenoxy) is 3. The molecule has 2 aromatic carbocycles. The second-order valence-corrected chi connectivity index (χ2v) is 4.18. The van der Waals surface area contributed by atoms with E-state index in [0.29, 0.717) is 30.3 Å². The maximum Gasteiger partial charge on any atom is 0.338 e. The summed E-state index contributed by atoms with van der Waals surface area (Å²) >= 11 is 0. The van der Waals surface area contributed by atoms with Gasteiger partial charge in [-0.05, 0) is 37.4 Å². The quantitative estimate of drug-likeness (QED) is 0.784. The van der Waals surface area contributed by atoms with E-state index < -0.39 is 0 Å². The maximum absolute atomic E-state index is 11.8. The fraction of sp³-hybridized carbons (Fsp3) is 0.312. The van der Waals surface area contributed by atoms with Gasteiger partial charge in [0, 0.05) is 5.39 Å². The molecule has 0 unspecified atom stereocenters. The van der Waals surface area contributed by atoms with Gasteiger partial charge in [0.1, 0.15) is 0 Å². The van der Waals surface area contributed by atoms with Gasteiger partial charge in [0.05, 0.1) is 25.9 Å². The Bertz CT molecular complexity index is 619. The molecule has 4 nitrogen and oxygen atoms in total. The van der Waals surface area contributed by atoms with E-state index in [1.54, 1.807) is 6.07 Å². The number of carbonyl (C=O) groups excluding carboxylic acids is 1. The zero-order valence-corrected chi connectivity index (χ0v) is 11.9. The molecule has 0 bridgehead atoms. The SMILES string of the molecule is CCOc1cc2cccc(C(=O)OC)c2cc1OCC. The Morgan fingerprint density at radius 1 is 1.05 bits per heavy atom. The monoisotopic (exact) mass is 274 g/mol. The third-order valence-corrected chi connectivity index (χ3v) is 2.95. The molecule has 2 rings (SSSR count). The van der Waals surface area contributed by atoms with Crippen LogP contribution in [0.1, 0.15) is 24.2 Å². The van der Waals surface area contributed by atoms with Crippen LogP contribution in [0.3, 0.4) is 0 Å². The number of hydrogen-bond donors (Lipinski definition) is 0. The number of hydrogen-bond acceptors (Lipinski definition) is 4. The van der Waals surface area contributed by atoms with Gasteiger partial charge in [0.25, 0.3) is 0 Å². The zero-order chi connectivity index (χ0) is 14.5. The van der Waals surface area contributed by atoms with Crippen molar-refractivity contribution in [1.29, 1.82) is 0 Å². The van der Waals surface area contributed by atoms with Crippen molar-refractivity contribution >= 4 is 16.7 Å². The van der Waals surface area contributed by atoms with Crippen LogP contribution in [0, 0.1) is 0 Å². The molecule has 2 aromatic rings. The van der Waals surface area contributed by atoms with E-state index in [1.807, 2.05) is 38.1 Å². The van der Waals surface area contributed by atoms with Crippen LogP contribution in [0.4, 0.5) is 0 Å². The highest BCUT2D eigenvalue weighted by Gasteiger charge is 2.14. The fourth-order valence-electron chi connectivity index (χ4n) is 2.11. The lowest BCUT2D eigenvalue weighted by molar-refractivity contribution is 0.0603. The molecule has 0 amide bonds. The molecule has 4 heteroatoms. The molecule has 20 heavy (non-hydrogen) atoms. The number of methoxy groups -OCH3 is 1. The van der Waals surface area contributed by atoms with E-state index in [9.17, 15) is 4.79 Å². The average Bonchev–Trinajstić information content (AvgIpc) is 2.47. The molecule has 106 valence electrons. The standard InChI is InChI=1S/C16H18O4/c1-4-19-14-9-11-7-6-8-12(16(17)18-3)13(11)10-15(14)20-5-2/h6-10H,4-5H2,1-3H3. The van der Waals surface area contributed by atoms with Crippen molar-refractivity contribution in [1.82, 2.24) is 0 Å². The summed E-state index contributed by atoms with van der Waals surface area (Å²) in [6.07, 6.45) is 0. The van der Waals surface area contributed by atoms with Crippen molar-refractivity contribution in [2.24, 2.45) is 0 Å². The summed E-state index contributed by atoms with van der Waals surface area (Å²) in [5, 5.41) is 1.71. The Morgan fingerprint density at radius 3 is 2.30 bits per heavy atom. The first kappa shape index (κ1) is 14.2. The van der Waals surface area contributed by atoms with E-state index in [4.69, 9.17) is 14.2 Å². The first-order valence-electron chi connectivity index (χ1n) is 6.62. The first-order valence-corrected chi connectivity index (χ1v) is 6.62. The molecule has 0 spiro atoms. The van der Waals surface area contributed by atoms with Crippen molar-refractivity contribution in [3.63, 3.8) is 0 Å². The van der Waals surface area contributed by atoms with Crippen molar-refractivity contribution < 1.29 is 19.0 Å². The molecule has 0 fully saturated rings.